The fraction of sp³-hybridized carbons (Fsp3) is 0.290. The number of imide groups is 1. The van der Waals surface area contributed by atoms with Gasteiger partial charge in [-0.25, -0.2) is 4.79 Å². The number of carbonyl (C=O) groups is 4. The lowest BCUT2D eigenvalue weighted by Gasteiger charge is -2.28. The first-order chi connectivity index (χ1) is 19.7. The molecule has 3 aromatic rings. The van der Waals surface area contributed by atoms with Gasteiger partial charge >= 0.3 is 5.97 Å². The van der Waals surface area contributed by atoms with Gasteiger partial charge in [-0.05, 0) is 73.4 Å². The van der Waals surface area contributed by atoms with Gasteiger partial charge in [-0.2, -0.15) is 0 Å². The monoisotopic (exact) mass is 553 g/mol. The van der Waals surface area contributed by atoms with Crippen LogP contribution in [0.3, 0.4) is 0 Å². The van der Waals surface area contributed by atoms with Crippen LogP contribution in [0.4, 0.5) is 17.1 Å². The molecule has 41 heavy (non-hydrogen) atoms. The molecule has 6 rings (SSSR count). The van der Waals surface area contributed by atoms with Crippen LogP contribution in [0.15, 0.2) is 72.8 Å². The fourth-order valence-electron chi connectivity index (χ4n) is 6.84. The Morgan fingerprint density at radius 1 is 0.976 bits per heavy atom. The summed E-state index contributed by atoms with van der Waals surface area (Å²) in [7, 11) is 0. The highest BCUT2D eigenvalue weighted by Crippen LogP contribution is 2.61. The highest BCUT2D eigenvalue weighted by atomic mass is 16.6. The largest absolute Gasteiger partial charge is 0.452 e. The van der Waals surface area contributed by atoms with Crippen LogP contribution in [-0.2, 0) is 19.1 Å². The standard InChI is InChI=1S/C31H27N3O7/c1-17-7-10-21(15-25(17)34(39)40)32-26(35)16-41-31(38)19-8-11-22(12-9-19)33-29(36)27-20-13-23(18-5-3-2-4-6-18)24(14-20)28(27)30(33)37/h2-12,15,20,23-24,27-28H,13-14,16H2,1H3,(H,32,35)/t20-,23+,24+,27+,28+/m0/s1. The molecule has 10 nitrogen and oxygen atoms in total. The molecule has 0 aromatic heterocycles. The number of carbonyl (C=O) groups excluding carboxylic acids is 4. The molecule has 2 saturated carbocycles. The SMILES string of the molecule is Cc1ccc(NC(=O)COC(=O)c2ccc(N3C(=O)[C@@H]4[C@@H]5C[C@@H]([C@H]4C3=O)[C@@H](c3ccccc3)C5)cc2)cc1[N+](=O)[O-]. The maximum absolute atomic E-state index is 13.5. The van der Waals surface area contributed by atoms with E-state index < -0.39 is 23.4 Å². The van der Waals surface area contributed by atoms with Crippen molar-refractivity contribution < 1.29 is 28.8 Å². The van der Waals surface area contributed by atoms with Gasteiger partial charge in [0.1, 0.15) is 0 Å². The number of nitrogens with zero attached hydrogens (tertiary/aromatic N) is 2. The average Bonchev–Trinajstić information content (AvgIpc) is 3.64. The summed E-state index contributed by atoms with van der Waals surface area (Å²) in [5, 5.41) is 13.6. The number of nitro groups is 1. The Bertz CT molecular complexity index is 1570. The van der Waals surface area contributed by atoms with Crippen molar-refractivity contribution in [2.45, 2.75) is 25.7 Å². The first kappa shape index (κ1) is 26.4. The second-order valence-corrected chi connectivity index (χ2v) is 10.9. The van der Waals surface area contributed by atoms with E-state index in [1.165, 1.54) is 52.9 Å². The number of hydrogen-bond acceptors (Lipinski definition) is 7. The zero-order valence-electron chi connectivity index (χ0n) is 22.2. The number of fused-ring (bicyclic) bond motifs is 5. The van der Waals surface area contributed by atoms with Crippen molar-refractivity contribution in [1.82, 2.24) is 0 Å². The minimum atomic E-state index is -0.763. The minimum Gasteiger partial charge on any atom is -0.452 e. The fourth-order valence-corrected chi connectivity index (χ4v) is 6.84. The Hall–Kier alpha value is -4.86. The number of nitrogens with one attached hydrogen (secondary N) is 1. The molecule has 2 bridgehead atoms. The van der Waals surface area contributed by atoms with E-state index >= 15 is 0 Å². The zero-order chi connectivity index (χ0) is 28.8. The van der Waals surface area contributed by atoms with Gasteiger partial charge in [0.15, 0.2) is 6.61 Å². The summed E-state index contributed by atoms with van der Waals surface area (Å²) < 4.78 is 5.09. The predicted octanol–water partition coefficient (Wildman–Crippen LogP) is 4.63. The summed E-state index contributed by atoms with van der Waals surface area (Å²) in [6, 6.07) is 20.4. The molecule has 0 unspecified atom stereocenters. The summed E-state index contributed by atoms with van der Waals surface area (Å²) in [6.07, 6.45) is 1.79. The van der Waals surface area contributed by atoms with Crippen LogP contribution in [0.1, 0.15) is 40.2 Å². The van der Waals surface area contributed by atoms with E-state index in [-0.39, 0.29) is 58.3 Å². The van der Waals surface area contributed by atoms with Crippen LogP contribution in [0, 0.1) is 40.7 Å². The van der Waals surface area contributed by atoms with Crippen molar-refractivity contribution in [1.29, 1.82) is 0 Å². The second kappa shape index (κ2) is 10.3. The lowest BCUT2D eigenvalue weighted by atomic mass is 9.73. The Labute approximate surface area is 235 Å². The molecule has 1 aliphatic heterocycles. The van der Waals surface area contributed by atoms with Gasteiger partial charge < -0.3 is 10.1 Å². The number of ether oxygens (including phenoxy) is 1. The van der Waals surface area contributed by atoms with Crippen molar-refractivity contribution in [3.63, 3.8) is 0 Å². The summed E-state index contributed by atoms with van der Waals surface area (Å²) in [6.45, 7) is 0.989. The van der Waals surface area contributed by atoms with Crippen molar-refractivity contribution >= 4 is 40.8 Å². The molecule has 1 N–H and O–H groups in total. The van der Waals surface area contributed by atoms with Gasteiger partial charge in [-0.1, -0.05) is 36.4 Å². The number of esters is 1. The zero-order valence-corrected chi connectivity index (χ0v) is 22.2. The van der Waals surface area contributed by atoms with Gasteiger partial charge in [0.2, 0.25) is 11.8 Å². The summed E-state index contributed by atoms with van der Waals surface area (Å²) in [5.74, 6) is -1.82. The molecule has 0 radical (unpaired) electrons. The van der Waals surface area contributed by atoms with Gasteiger partial charge in [0.25, 0.3) is 11.6 Å². The lowest BCUT2D eigenvalue weighted by Crippen LogP contribution is -2.33. The quantitative estimate of drug-likeness (QED) is 0.195. The van der Waals surface area contributed by atoms with E-state index in [9.17, 15) is 29.3 Å². The van der Waals surface area contributed by atoms with Crippen molar-refractivity contribution in [3.8, 4) is 0 Å². The molecule has 10 heteroatoms. The van der Waals surface area contributed by atoms with E-state index in [1.807, 2.05) is 18.2 Å². The molecule has 0 spiro atoms. The predicted molar refractivity (Wildman–Crippen MR) is 148 cm³/mol. The van der Waals surface area contributed by atoms with Crippen LogP contribution in [0.2, 0.25) is 0 Å². The number of nitro benzene ring substituents is 1. The van der Waals surface area contributed by atoms with E-state index in [0.29, 0.717) is 11.3 Å². The maximum Gasteiger partial charge on any atom is 0.338 e. The minimum absolute atomic E-state index is 0.137. The summed E-state index contributed by atoms with van der Waals surface area (Å²) in [5.41, 5.74) is 2.29. The molecule has 3 amide bonds. The van der Waals surface area contributed by atoms with Gasteiger partial charge in [0, 0.05) is 17.3 Å². The smallest absolute Gasteiger partial charge is 0.338 e. The number of aryl methyl sites for hydroxylation is 1. The number of amides is 3. The van der Waals surface area contributed by atoms with E-state index in [1.54, 1.807) is 6.92 Å². The number of anilines is 2. The van der Waals surface area contributed by atoms with Gasteiger partial charge in [-0.15, -0.1) is 0 Å². The van der Waals surface area contributed by atoms with Crippen LogP contribution < -0.4 is 10.2 Å². The molecule has 5 atom stereocenters. The molecular formula is C31H27N3O7. The van der Waals surface area contributed by atoms with Gasteiger partial charge in [-0.3, -0.25) is 29.4 Å². The number of rotatable bonds is 7. The van der Waals surface area contributed by atoms with Crippen LogP contribution in [0.25, 0.3) is 0 Å². The summed E-state index contributed by atoms with van der Waals surface area (Å²) >= 11 is 0. The highest BCUT2D eigenvalue weighted by molar-refractivity contribution is 6.22. The summed E-state index contributed by atoms with van der Waals surface area (Å²) in [4.78, 5) is 63.5. The van der Waals surface area contributed by atoms with Crippen LogP contribution in [0.5, 0.6) is 0 Å². The van der Waals surface area contributed by atoms with Crippen molar-refractivity contribution in [3.05, 3.63) is 99.6 Å². The molecule has 1 saturated heterocycles. The molecular weight excluding hydrogens is 526 g/mol. The highest BCUT2D eigenvalue weighted by Gasteiger charge is 2.64. The first-order valence-electron chi connectivity index (χ1n) is 13.5. The Kier molecular flexibility index (Phi) is 6.61. The van der Waals surface area contributed by atoms with Gasteiger partial charge in [0.05, 0.1) is 28.0 Å². The Morgan fingerprint density at radius 3 is 2.39 bits per heavy atom. The third kappa shape index (κ3) is 4.65. The van der Waals surface area contributed by atoms with Crippen LogP contribution >= 0.6 is 0 Å². The second-order valence-electron chi connectivity index (χ2n) is 10.9. The Morgan fingerprint density at radius 2 is 1.68 bits per heavy atom. The Balaban J connectivity index is 1.08. The normalized spacial score (nSPS) is 24.3. The van der Waals surface area contributed by atoms with Crippen molar-refractivity contribution in [2.24, 2.45) is 23.7 Å². The van der Waals surface area contributed by atoms with E-state index in [0.717, 1.165) is 12.8 Å². The molecule has 2 aliphatic carbocycles. The van der Waals surface area contributed by atoms with Crippen LogP contribution in [-0.4, -0.2) is 35.2 Å². The number of hydrogen-bond donors (Lipinski definition) is 1. The third-order valence-electron chi connectivity index (χ3n) is 8.63. The topological polar surface area (TPSA) is 136 Å². The molecule has 3 aliphatic rings. The van der Waals surface area contributed by atoms with E-state index in [2.05, 4.69) is 17.4 Å². The molecule has 3 fully saturated rings. The molecule has 1 heterocycles. The number of benzene rings is 3. The van der Waals surface area contributed by atoms with E-state index in [4.69, 9.17) is 4.74 Å². The maximum atomic E-state index is 13.5. The third-order valence-corrected chi connectivity index (χ3v) is 8.63. The average molecular weight is 554 g/mol. The van der Waals surface area contributed by atoms with Crippen molar-refractivity contribution in [2.75, 3.05) is 16.8 Å². The first-order valence-corrected chi connectivity index (χ1v) is 13.5. The molecule has 208 valence electrons. The lowest BCUT2D eigenvalue weighted by molar-refractivity contribution is -0.385. The molecule has 3 aromatic carbocycles.